The minimum absolute atomic E-state index is 0.219. The summed E-state index contributed by atoms with van der Waals surface area (Å²) in [5, 5.41) is 0. The highest BCUT2D eigenvalue weighted by molar-refractivity contribution is 5.76. The second-order valence-corrected chi connectivity index (χ2v) is 6.56. The van der Waals surface area contributed by atoms with Crippen LogP contribution in [0.3, 0.4) is 0 Å². The third-order valence-corrected chi connectivity index (χ3v) is 4.96. The molecule has 4 aromatic rings. The van der Waals surface area contributed by atoms with Crippen molar-refractivity contribution in [1.82, 2.24) is 19.9 Å². The maximum absolute atomic E-state index is 4.85. The Morgan fingerprint density at radius 3 is 2.56 bits per heavy atom. The lowest BCUT2D eigenvalue weighted by molar-refractivity contribution is 0.456. The normalized spacial score (nSPS) is 18.1. The van der Waals surface area contributed by atoms with Gasteiger partial charge in [-0.3, -0.25) is 4.98 Å². The second-order valence-electron chi connectivity index (χ2n) is 6.56. The molecule has 124 valence electrons. The molecule has 1 aliphatic heterocycles. The van der Waals surface area contributed by atoms with E-state index >= 15 is 0 Å². The summed E-state index contributed by atoms with van der Waals surface area (Å²) in [5.41, 5.74) is 3.98. The summed E-state index contributed by atoms with van der Waals surface area (Å²) in [6, 6.07) is 16.4. The summed E-state index contributed by atoms with van der Waals surface area (Å²) >= 11 is 0. The number of nitrogens with zero attached hydrogens (tertiary/aromatic N) is 4. The number of imidazole rings is 1. The Labute approximate surface area is 145 Å². The lowest BCUT2D eigenvalue weighted by Crippen LogP contribution is -2.34. The van der Waals surface area contributed by atoms with Crippen LogP contribution >= 0.6 is 0 Å². The van der Waals surface area contributed by atoms with Crippen molar-refractivity contribution in [2.45, 2.75) is 25.3 Å². The number of benzene rings is 2. The van der Waals surface area contributed by atoms with Crippen molar-refractivity contribution in [2.24, 2.45) is 0 Å². The Bertz CT molecular complexity index is 1010. The molecular formula is C20H19N5. The van der Waals surface area contributed by atoms with Crippen molar-refractivity contribution in [3.8, 4) is 0 Å². The van der Waals surface area contributed by atoms with Gasteiger partial charge in [0.05, 0.1) is 34.3 Å². The van der Waals surface area contributed by atoms with E-state index in [0.29, 0.717) is 0 Å². The monoisotopic (exact) mass is 329 g/mol. The molecule has 1 atom stereocenters. The zero-order valence-electron chi connectivity index (χ0n) is 13.9. The van der Waals surface area contributed by atoms with Crippen LogP contribution in [0.4, 0.5) is 5.82 Å². The number of hydrogen-bond donors (Lipinski definition) is 1. The Morgan fingerprint density at radius 2 is 1.68 bits per heavy atom. The molecular weight excluding hydrogens is 310 g/mol. The average molecular weight is 329 g/mol. The highest BCUT2D eigenvalue weighted by atomic mass is 15.2. The molecule has 1 fully saturated rings. The highest BCUT2D eigenvalue weighted by Gasteiger charge is 2.28. The van der Waals surface area contributed by atoms with Gasteiger partial charge in [0.2, 0.25) is 0 Å². The molecule has 5 nitrogen and oxygen atoms in total. The van der Waals surface area contributed by atoms with E-state index in [0.717, 1.165) is 46.7 Å². The molecule has 1 unspecified atom stereocenters. The zero-order chi connectivity index (χ0) is 16.6. The van der Waals surface area contributed by atoms with E-state index in [4.69, 9.17) is 9.97 Å². The van der Waals surface area contributed by atoms with E-state index in [2.05, 4.69) is 27.0 Å². The number of hydrogen-bond acceptors (Lipinski definition) is 4. The standard InChI is InChI=1S/C20H19N5/c1-2-8-15-14(7-1)21-13-19(22-15)25-12-6-5-11-18(25)20-23-16-9-3-4-10-17(16)24-20/h1-4,7-10,13,18H,5-6,11-12H2,(H,23,24). The lowest BCUT2D eigenvalue weighted by atomic mass is 10.0. The van der Waals surface area contributed by atoms with Gasteiger partial charge in [-0.2, -0.15) is 0 Å². The molecule has 2 aromatic heterocycles. The van der Waals surface area contributed by atoms with Gasteiger partial charge in [0.25, 0.3) is 0 Å². The Morgan fingerprint density at radius 1 is 0.880 bits per heavy atom. The summed E-state index contributed by atoms with van der Waals surface area (Å²) in [4.78, 5) is 20.1. The summed E-state index contributed by atoms with van der Waals surface area (Å²) in [6.07, 6.45) is 5.35. The predicted octanol–water partition coefficient (Wildman–Crippen LogP) is 4.24. The van der Waals surface area contributed by atoms with E-state index in [-0.39, 0.29) is 6.04 Å². The fraction of sp³-hybridized carbons (Fsp3) is 0.250. The highest BCUT2D eigenvalue weighted by Crippen LogP contribution is 2.33. The topological polar surface area (TPSA) is 57.7 Å². The van der Waals surface area contributed by atoms with Crippen LogP contribution in [0.1, 0.15) is 31.1 Å². The molecule has 0 spiro atoms. The van der Waals surface area contributed by atoms with Crippen molar-refractivity contribution >= 4 is 27.9 Å². The molecule has 0 radical (unpaired) electrons. The Hall–Kier alpha value is -2.95. The number of fused-ring (bicyclic) bond motifs is 2. The van der Waals surface area contributed by atoms with E-state index in [1.165, 1.54) is 12.8 Å². The zero-order valence-corrected chi connectivity index (χ0v) is 13.9. The van der Waals surface area contributed by atoms with Gasteiger partial charge in [0, 0.05) is 6.54 Å². The maximum Gasteiger partial charge on any atom is 0.148 e. The molecule has 1 N–H and O–H groups in total. The predicted molar refractivity (Wildman–Crippen MR) is 99.6 cm³/mol. The summed E-state index contributed by atoms with van der Waals surface area (Å²) in [6.45, 7) is 0.981. The van der Waals surface area contributed by atoms with Crippen molar-refractivity contribution in [2.75, 3.05) is 11.4 Å². The van der Waals surface area contributed by atoms with Gasteiger partial charge in [-0.05, 0) is 43.5 Å². The molecule has 1 saturated heterocycles. The molecule has 1 aliphatic rings. The van der Waals surface area contributed by atoms with Crippen LogP contribution in [0.5, 0.6) is 0 Å². The first-order valence-electron chi connectivity index (χ1n) is 8.81. The van der Waals surface area contributed by atoms with E-state index in [9.17, 15) is 0 Å². The number of aromatic nitrogens is 4. The number of aromatic amines is 1. The van der Waals surface area contributed by atoms with Gasteiger partial charge in [-0.15, -0.1) is 0 Å². The molecule has 5 rings (SSSR count). The van der Waals surface area contributed by atoms with Crippen LogP contribution in [0.2, 0.25) is 0 Å². The van der Waals surface area contributed by atoms with E-state index in [1.54, 1.807) is 0 Å². The van der Waals surface area contributed by atoms with Gasteiger partial charge < -0.3 is 9.88 Å². The largest absolute Gasteiger partial charge is 0.345 e. The number of piperidine rings is 1. The fourth-order valence-corrected chi connectivity index (χ4v) is 3.71. The van der Waals surface area contributed by atoms with Crippen LogP contribution in [-0.2, 0) is 0 Å². The molecule has 5 heteroatoms. The van der Waals surface area contributed by atoms with E-state index < -0.39 is 0 Å². The molecule has 3 heterocycles. The summed E-state index contributed by atoms with van der Waals surface area (Å²) in [7, 11) is 0. The number of anilines is 1. The second kappa shape index (κ2) is 5.84. The van der Waals surface area contributed by atoms with Crippen LogP contribution in [0, 0.1) is 0 Å². The third-order valence-electron chi connectivity index (χ3n) is 4.96. The maximum atomic E-state index is 4.85. The van der Waals surface area contributed by atoms with Crippen molar-refractivity contribution in [3.63, 3.8) is 0 Å². The first kappa shape index (κ1) is 14.4. The van der Waals surface area contributed by atoms with Crippen LogP contribution < -0.4 is 4.90 Å². The molecule has 0 saturated carbocycles. The SMILES string of the molecule is c1ccc2nc(N3CCCCC3c3nc4ccccc4[nH]3)cnc2c1. The van der Waals surface area contributed by atoms with Gasteiger partial charge >= 0.3 is 0 Å². The third kappa shape index (κ3) is 2.52. The molecule has 0 bridgehead atoms. The molecule has 25 heavy (non-hydrogen) atoms. The van der Waals surface area contributed by atoms with Crippen LogP contribution in [0.25, 0.3) is 22.1 Å². The van der Waals surface area contributed by atoms with Crippen molar-refractivity contribution in [1.29, 1.82) is 0 Å². The molecule has 0 aliphatic carbocycles. The van der Waals surface area contributed by atoms with Gasteiger partial charge in [0.15, 0.2) is 0 Å². The molecule has 2 aromatic carbocycles. The van der Waals surface area contributed by atoms with Crippen molar-refractivity contribution < 1.29 is 0 Å². The minimum Gasteiger partial charge on any atom is -0.345 e. The average Bonchev–Trinajstić information content (AvgIpc) is 3.12. The number of rotatable bonds is 2. The van der Waals surface area contributed by atoms with Gasteiger partial charge in [0.1, 0.15) is 11.6 Å². The first-order chi connectivity index (χ1) is 12.4. The van der Waals surface area contributed by atoms with Gasteiger partial charge in [-0.25, -0.2) is 9.97 Å². The quantitative estimate of drug-likeness (QED) is 0.598. The minimum atomic E-state index is 0.219. The van der Waals surface area contributed by atoms with Gasteiger partial charge in [-0.1, -0.05) is 24.3 Å². The van der Waals surface area contributed by atoms with E-state index in [1.807, 2.05) is 42.6 Å². The number of nitrogens with one attached hydrogen (secondary N) is 1. The smallest absolute Gasteiger partial charge is 0.148 e. The number of H-pyrrole nitrogens is 1. The van der Waals surface area contributed by atoms with Crippen molar-refractivity contribution in [3.05, 3.63) is 60.6 Å². The Balaban J connectivity index is 1.57. The Kier molecular flexibility index (Phi) is 3.37. The fourth-order valence-electron chi connectivity index (χ4n) is 3.71. The lowest BCUT2D eigenvalue weighted by Gasteiger charge is -2.35. The first-order valence-corrected chi connectivity index (χ1v) is 8.81. The summed E-state index contributed by atoms with van der Waals surface area (Å²) < 4.78 is 0. The molecule has 0 amide bonds. The van der Waals surface area contributed by atoms with Crippen LogP contribution in [0.15, 0.2) is 54.7 Å². The summed E-state index contributed by atoms with van der Waals surface area (Å²) in [5.74, 6) is 1.96. The van der Waals surface area contributed by atoms with Crippen LogP contribution in [-0.4, -0.2) is 26.5 Å². The number of para-hydroxylation sites is 4.